The smallest absolute Gasteiger partial charge is 0.211 e. The summed E-state index contributed by atoms with van der Waals surface area (Å²) in [5, 5.41) is 9.33. The van der Waals surface area contributed by atoms with E-state index in [4.69, 9.17) is 4.74 Å². The summed E-state index contributed by atoms with van der Waals surface area (Å²) >= 11 is 0. The van der Waals surface area contributed by atoms with Crippen molar-refractivity contribution in [2.45, 2.75) is 6.54 Å². The third-order valence-electron chi connectivity index (χ3n) is 2.37. The Bertz CT molecular complexity index is 471. The number of pyridine rings is 1. The van der Waals surface area contributed by atoms with E-state index in [0.29, 0.717) is 0 Å². The van der Waals surface area contributed by atoms with Crippen molar-refractivity contribution in [1.29, 1.82) is 0 Å². The zero-order valence-electron chi connectivity index (χ0n) is 9.51. The van der Waals surface area contributed by atoms with E-state index in [-0.39, 0.29) is 18.2 Å². The molecule has 0 atom stereocenters. The van der Waals surface area contributed by atoms with Crippen LogP contribution in [0.2, 0.25) is 0 Å². The Hall–Kier alpha value is -1.74. The first-order chi connectivity index (χ1) is 7.78. The number of halogens is 1. The maximum Gasteiger partial charge on any atom is 0.211 e. The highest BCUT2D eigenvalue weighted by molar-refractivity contribution is 5.26. The van der Waals surface area contributed by atoms with Crippen molar-refractivity contribution in [2.24, 2.45) is 0 Å². The lowest BCUT2D eigenvalue weighted by Crippen LogP contribution is -3.00. The maximum atomic E-state index is 9.33. The van der Waals surface area contributed by atoms with Crippen LogP contribution in [-0.2, 0) is 6.54 Å². The molecule has 0 saturated carbocycles. The van der Waals surface area contributed by atoms with Crippen molar-refractivity contribution < 1.29 is 26.8 Å². The molecule has 0 aliphatic heterocycles. The Morgan fingerprint density at radius 3 is 2.47 bits per heavy atom. The molecule has 0 aliphatic carbocycles. The minimum Gasteiger partial charge on any atom is -1.00 e. The van der Waals surface area contributed by atoms with Crippen LogP contribution in [0.4, 0.5) is 0 Å². The highest BCUT2D eigenvalue weighted by atomic mass is 35.5. The summed E-state index contributed by atoms with van der Waals surface area (Å²) < 4.78 is 7.02. The Morgan fingerprint density at radius 2 is 1.88 bits per heavy atom. The lowest BCUT2D eigenvalue weighted by atomic mass is 10.2. The van der Waals surface area contributed by atoms with E-state index in [1.165, 1.54) is 0 Å². The van der Waals surface area contributed by atoms with Crippen molar-refractivity contribution in [3.63, 3.8) is 0 Å². The van der Waals surface area contributed by atoms with Crippen molar-refractivity contribution in [1.82, 2.24) is 0 Å². The lowest BCUT2D eigenvalue weighted by Gasteiger charge is -2.01. The van der Waals surface area contributed by atoms with Gasteiger partial charge in [-0.2, -0.15) is 4.57 Å². The number of aromatic nitrogens is 1. The number of benzene rings is 1. The first-order valence-corrected chi connectivity index (χ1v) is 5.09. The van der Waals surface area contributed by atoms with E-state index < -0.39 is 0 Å². The highest BCUT2D eigenvalue weighted by Crippen LogP contribution is 2.11. The predicted molar refractivity (Wildman–Crippen MR) is 60.4 cm³/mol. The number of nitrogens with zero attached hydrogens (tertiary/aromatic N) is 1. The van der Waals surface area contributed by atoms with Gasteiger partial charge in [0.05, 0.1) is 7.11 Å². The van der Waals surface area contributed by atoms with E-state index in [1.807, 2.05) is 41.1 Å². The molecule has 1 N–H and O–H groups in total. The first kappa shape index (κ1) is 13.3. The Kier molecular flexibility index (Phi) is 4.79. The van der Waals surface area contributed by atoms with Gasteiger partial charge in [-0.3, -0.25) is 0 Å². The number of rotatable bonds is 3. The molecule has 4 heteroatoms. The molecule has 0 radical (unpaired) electrons. The zero-order valence-corrected chi connectivity index (χ0v) is 10.3. The first-order valence-electron chi connectivity index (χ1n) is 5.09. The van der Waals surface area contributed by atoms with Crippen LogP contribution in [0, 0.1) is 0 Å². The molecule has 17 heavy (non-hydrogen) atoms. The fraction of sp³-hybridized carbons (Fsp3) is 0.154. The lowest BCUT2D eigenvalue weighted by molar-refractivity contribution is -0.688. The standard InChI is InChI=1S/C13H13NO2.ClH/c1-16-13-6-4-11(5-7-13)9-14-8-2-3-12(15)10-14;/h2-8,10H,9H2,1H3;1H. The van der Waals surface area contributed by atoms with Crippen LogP contribution in [0.15, 0.2) is 48.8 Å². The summed E-state index contributed by atoms with van der Waals surface area (Å²) in [6.45, 7) is 0.735. The number of hydrogen-bond acceptors (Lipinski definition) is 2. The largest absolute Gasteiger partial charge is 1.00 e. The van der Waals surface area contributed by atoms with Crippen LogP contribution in [0.25, 0.3) is 0 Å². The second-order valence-corrected chi connectivity index (χ2v) is 3.58. The number of methoxy groups -OCH3 is 1. The van der Waals surface area contributed by atoms with E-state index in [0.717, 1.165) is 17.9 Å². The normalized spacial score (nSPS) is 9.47. The van der Waals surface area contributed by atoms with Crippen LogP contribution >= 0.6 is 0 Å². The van der Waals surface area contributed by atoms with E-state index >= 15 is 0 Å². The monoisotopic (exact) mass is 251 g/mol. The molecule has 0 aliphatic rings. The molecular formula is C13H14ClNO2. The van der Waals surface area contributed by atoms with Crippen LogP contribution in [0.3, 0.4) is 0 Å². The Balaban J connectivity index is 0.00000144. The van der Waals surface area contributed by atoms with Gasteiger partial charge in [-0.15, -0.1) is 0 Å². The summed E-state index contributed by atoms with van der Waals surface area (Å²) in [5.41, 5.74) is 1.16. The van der Waals surface area contributed by atoms with Crippen molar-refractivity contribution >= 4 is 0 Å². The topological polar surface area (TPSA) is 33.3 Å². The average Bonchev–Trinajstić information content (AvgIpc) is 2.30. The second kappa shape index (κ2) is 6.11. The van der Waals surface area contributed by atoms with Gasteiger partial charge in [-0.05, 0) is 30.3 Å². The predicted octanol–water partition coefficient (Wildman–Crippen LogP) is -1.26. The SMILES string of the molecule is COc1ccc(C[n+]2cccc(O)c2)cc1.[Cl-]. The third kappa shape index (κ3) is 3.64. The molecule has 0 saturated heterocycles. The van der Waals surface area contributed by atoms with Gasteiger partial charge in [0.15, 0.2) is 18.5 Å². The summed E-state index contributed by atoms with van der Waals surface area (Å²) in [7, 11) is 1.65. The van der Waals surface area contributed by atoms with E-state index in [1.54, 1.807) is 19.4 Å². The molecule has 1 aromatic carbocycles. The van der Waals surface area contributed by atoms with Gasteiger partial charge in [0.25, 0.3) is 0 Å². The molecule has 0 unspecified atom stereocenters. The van der Waals surface area contributed by atoms with Crippen LogP contribution < -0.4 is 21.7 Å². The quantitative estimate of drug-likeness (QED) is 0.691. The molecule has 2 aromatic rings. The average molecular weight is 252 g/mol. The van der Waals surface area contributed by atoms with E-state index in [2.05, 4.69) is 0 Å². The zero-order chi connectivity index (χ0) is 11.4. The van der Waals surface area contributed by atoms with Gasteiger partial charge in [-0.25, -0.2) is 0 Å². The van der Waals surface area contributed by atoms with Gasteiger partial charge >= 0.3 is 0 Å². The fourth-order valence-electron chi connectivity index (χ4n) is 1.55. The molecule has 90 valence electrons. The van der Waals surface area contributed by atoms with Crippen LogP contribution in [0.5, 0.6) is 11.5 Å². The van der Waals surface area contributed by atoms with Crippen molar-refractivity contribution in [3.8, 4) is 11.5 Å². The third-order valence-corrected chi connectivity index (χ3v) is 2.37. The molecule has 1 aromatic heterocycles. The second-order valence-electron chi connectivity index (χ2n) is 3.58. The number of ether oxygens (including phenoxy) is 1. The minimum atomic E-state index is 0. The minimum absolute atomic E-state index is 0. The van der Waals surface area contributed by atoms with Gasteiger partial charge in [0, 0.05) is 11.6 Å². The summed E-state index contributed by atoms with van der Waals surface area (Å²) in [5.74, 6) is 1.13. The van der Waals surface area contributed by atoms with Gasteiger partial charge in [0.1, 0.15) is 5.75 Å². The molecule has 0 amide bonds. The molecule has 2 rings (SSSR count). The van der Waals surface area contributed by atoms with Crippen molar-refractivity contribution in [2.75, 3.05) is 7.11 Å². The Morgan fingerprint density at radius 1 is 1.18 bits per heavy atom. The molecule has 3 nitrogen and oxygen atoms in total. The summed E-state index contributed by atoms with van der Waals surface area (Å²) in [6, 6.07) is 11.4. The van der Waals surface area contributed by atoms with E-state index in [9.17, 15) is 5.11 Å². The highest BCUT2D eigenvalue weighted by Gasteiger charge is 2.03. The van der Waals surface area contributed by atoms with Crippen LogP contribution in [-0.4, -0.2) is 12.2 Å². The van der Waals surface area contributed by atoms with Gasteiger partial charge in [-0.1, -0.05) is 0 Å². The summed E-state index contributed by atoms with van der Waals surface area (Å²) in [4.78, 5) is 0. The molecule has 0 spiro atoms. The summed E-state index contributed by atoms with van der Waals surface area (Å²) in [6.07, 6.45) is 3.62. The van der Waals surface area contributed by atoms with Crippen molar-refractivity contribution in [3.05, 3.63) is 54.4 Å². The molecule has 0 bridgehead atoms. The fourth-order valence-corrected chi connectivity index (χ4v) is 1.55. The molecule has 0 fully saturated rings. The maximum absolute atomic E-state index is 9.33. The Labute approximate surface area is 107 Å². The number of hydrogen-bond donors (Lipinski definition) is 1. The molecule has 1 heterocycles. The van der Waals surface area contributed by atoms with Gasteiger partial charge < -0.3 is 22.3 Å². The van der Waals surface area contributed by atoms with Crippen LogP contribution in [0.1, 0.15) is 5.56 Å². The van der Waals surface area contributed by atoms with Gasteiger partial charge in [0.2, 0.25) is 6.20 Å². The molecular weight excluding hydrogens is 238 g/mol. The number of aromatic hydroxyl groups is 1.